The van der Waals surface area contributed by atoms with Crippen molar-refractivity contribution in [2.24, 2.45) is 0 Å². The summed E-state index contributed by atoms with van der Waals surface area (Å²) in [5, 5.41) is 2.36. The zero-order valence-electron chi connectivity index (χ0n) is 7.91. The second-order valence-corrected chi connectivity index (χ2v) is 3.37. The van der Waals surface area contributed by atoms with Crippen molar-refractivity contribution in [3.8, 4) is 0 Å². The highest BCUT2D eigenvalue weighted by Gasteiger charge is 2.30. The van der Waals surface area contributed by atoms with Crippen LogP contribution in [0.25, 0.3) is 0 Å². The molecule has 2 amide bonds. The first-order valence-corrected chi connectivity index (χ1v) is 4.68. The van der Waals surface area contributed by atoms with Crippen molar-refractivity contribution in [3.63, 3.8) is 0 Å². The molecule has 0 fully saturated rings. The summed E-state index contributed by atoms with van der Waals surface area (Å²) in [4.78, 5) is 22.9. The second-order valence-electron chi connectivity index (χ2n) is 3.37. The fraction of sp³-hybridized carbons (Fsp3) is 0.273. The zero-order valence-corrected chi connectivity index (χ0v) is 7.91. The number of fused-ring (bicyclic) bond motifs is 1. The van der Waals surface area contributed by atoms with Crippen LogP contribution >= 0.6 is 0 Å². The Morgan fingerprint density at radius 2 is 2.00 bits per heavy atom. The summed E-state index contributed by atoms with van der Waals surface area (Å²) in [6, 6.07) is 7.26. The van der Waals surface area contributed by atoms with Crippen LogP contribution in [0.15, 0.2) is 24.3 Å². The first kappa shape index (κ1) is 8.94. The highest BCUT2D eigenvalue weighted by atomic mass is 16.2. The van der Waals surface area contributed by atoms with E-state index in [2.05, 4.69) is 5.32 Å². The van der Waals surface area contributed by atoms with E-state index in [9.17, 15) is 9.59 Å². The summed E-state index contributed by atoms with van der Waals surface area (Å²) >= 11 is 0. The zero-order chi connectivity index (χ0) is 10.1. The maximum atomic E-state index is 11.5. The molecule has 1 N–H and O–H groups in total. The Morgan fingerprint density at radius 3 is 2.71 bits per heavy atom. The average molecular weight is 189 g/mol. The van der Waals surface area contributed by atoms with Gasteiger partial charge in [-0.2, -0.15) is 0 Å². The van der Waals surface area contributed by atoms with Crippen LogP contribution in [0.4, 0.5) is 0 Å². The van der Waals surface area contributed by atoms with E-state index in [0.717, 1.165) is 12.0 Å². The third kappa shape index (κ3) is 1.21. The fourth-order valence-corrected chi connectivity index (χ4v) is 1.82. The highest BCUT2D eigenvalue weighted by Crippen LogP contribution is 2.26. The molecule has 3 nitrogen and oxygen atoms in total. The van der Waals surface area contributed by atoms with E-state index < -0.39 is 0 Å². The monoisotopic (exact) mass is 189 g/mol. The summed E-state index contributed by atoms with van der Waals surface area (Å²) in [7, 11) is 0. The van der Waals surface area contributed by atoms with Gasteiger partial charge in [-0.15, -0.1) is 0 Å². The maximum absolute atomic E-state index is 11.5. The van der Waals surface area contributed by atoms with Crippen LogP contribution in [0.3, 0.4) is 0 Å². The lowest BCUT2D eigenvalue weighted by Gasteiger charge is -2.22. The average Bonchev–Trinajstić information content (AvgIpc) is 2.18. The van der Waals surface area contributed by atoms with Crippen LogP contribution in [0, 0.1) is 0 Å². The molecule has 2 rings (SSSR count). The van der Waals surface area contributed by atoms with Crippen molar-refractivity contribution in [1.82, 2.24) is 5.32 Å². The first-order chi connectivity index (χ1) is 6.74. The van der Waals surface area contributed by atoms with Gasteiger partial charge in [0.05, 0.1) is 5.92 Å². The van der Waals surface area contributed by atoms with Crippen molar-refractivity contribution in [2.45, 2.75) is 19.3 Å². The molecule has 0 saturated heterocycles. The molecule has 0 aliphatic carbocycles. The molecule has 1 atom stereocenters. The topological polar surface area (TPSA) is 46.2 Å². The van der Waals surface area contributed by atoms with Gasteiger partial charge in [0.15, 0.2) is 0 Å². The summed E-state index contributed by atoms with van der Waals surface area (Å²) in [5.74, 6) is -0.643. The van der Waals surface area contributed by atoms with Gasteiger partial charge in [-0.3, -0.25) is 14.9 Å². The lowest BCUT2D eigenvalue weighted by molar-refractivity contribution is -0.122. The molecule has 72 valence electrons. The van der Waals surface area contributed by atoms with E-state index in [4.69, 9.17) is 0 Å². The standard InChI is InChI=1S/C11H11NO2/c1-2-7-8-5-3-4-6-9(8)11(14)12-10(7)13/h3-7H,2H2,1H3,(H,12,13,14)/t7-/m1/s1. The maximum Gasteiger partial charge on any atom is 0.258 e. The van der Waals surface area contributed by atoms with E-state index in [1.54, 1.807) is 12.1 Å². The second kappa shape index (κ2) is 3.25. The van der Waals surface area contributed by atoms with Gasteiger partial charge in [0, 0.05) is 5.56 Å². The fourth-order valence-electron chi connectivity index (χ4n) is 1.82. The van der Waals surface area contributed by atoms with Crippen LogP contribution in [-0.2, 0) is 4.79 Å². The molecular weight excluding hydrogens is 178 g/mol. The summed E-state index contributed by atoms with van der Waals surface area (Å²) < 4.78 is 0. The molecular formula is C11H11NO2. The molecule has 0 spiro atoms. The molecule has 1 aliphatic heterocycles. The van der Waals surface area contributed by atoms with E-state index in [1.165, 1.54) is 0 Å². The Bertz CT molecular complexity index is 398. The molecule has 0 bridgehead atoms. The van der Waals surface area contributed by atoms with Crippen LogP contribution in [0.5, 0.6) is 0 Å². The first-order valence-electron chi connectivity index (χ1n) is 4.68. The predicted molar refractivity (Wildman–Crippen MR) is 51.9 cm³/mol. The van der Waals surface area contributed by atoms with Crippen LogP contribution in [0.2, 0.25) is 0 Å². The van der Waals surface area contributed by atoms with Crippen molar-refractivity contribution in [1.29, 1.82) is 0 Å². The van der Waals surface area contributed by atoms with Gasteiger partial charge in [0.1, 0.15) is 0 Å². The molecule has 1 heterocycles. The van der Waals surface area contributed by atoms with E-state index in [1.807, 2.05) is 19.1 Å². The van der Waals surface area contributed by atoms with Crippen molar-refractivity contribution < 1.29 is 9.59 Å². The number of amides is 2. The number of benzene rings is 1. The Kier molecular flexibility index (Phi) is 2.08. The molecule has 0 saturated carbocycles. The van der Waals surface area contributed by atoms with Gasteiger partial charge >= 0.3 is 0 Å². The number of hydrogen-bond donors (Lipinski definition) is 1. The number of carbonyl (C=O) groups excluding carboxylic acids is 2. The van der Waals surface area contributed by atoms with Crippen molar-refractivity contribution in [2.75, 3.05) is 0 Å². The van der Waals surface area contributed by atoms with Gasteiger partial charge in [-0.05, 0) is 18.1 Å². The third-order valence-electron chi connectivity index (χ3n) is 2.54. The van der Waals surface area contributed by atoms with Crippen LogP contribution < -0.4 is 5.32 Å². The molecule has 1 aromatic carbocycles. The third-order valence-corrected chi connectivity index (χ3v) is 2.54. The van der Waals surface area contributed by atoms with Crippen molar-refractivity contribution >= 4 is 11.8 Å². The van der Waals surface area contributed by atoms with Gasteiger partial charge in [0.25, 0.3) is 5.91 Å². The largest absolute Gasteiger partial charge is 0.292 e. The molecule has 1 aromatic rings. The van der Waals surface area contributed by atoms with Crippen LogP contribution in [0.1, 0.15) is 35.2 Å². The molecule has 0 unspecified atom stereocenters. The Morgan fingerprint density at radius 1 is 1.29 bits per heavy atom. The minimum atomic E-state index is -0.282. The number of nitrogens with one attached hydrogen (secondary N) is 1. The van der Waals surface area contributed by atoms with E-state index in [0.29, 0.717) is 5.56 Å². The molecule has 14 heavy (non-hydrogen) atoms. The number of carbonyl (C=O) groups is 2. The lowest BCUT2D eigenvalue weighted by Crippen LogP contribution is -2.40. The quantitative estimate of drug-likeness (QED) is 0.679. The molecule has 0 aromatic heterocycles. The van der Waals surface area contributed by atoms with Gasteiger partial charge in [-0.25, -0.2) is 0 Å². The van der Waals surface area contributed by atoms with Crippen molar-refractivity contribution in [3.05, 3.63) is 35.4 Å². The normalized spacial score (nSPS) is 20.2. The summed E-state index contributed by atoms with van der Waals surface area (Å²) in [6.45, 7) is 1.94. The minimum Gasteiger partial charge on any atom is -0.292 e. The van der Waals surface area contributed by atoms with Crippen LogP contribution in [-0.4, -0.2) is 11.8 Å². The highest BCUT2D eigenvalue weighted by molar-refractivity contribution is 6.11. The predicted octanol–water partition coefficient (Wildman–Crippen LogP) is 1.45. The Hall–Kier alpha value is -1.64. The summed E-state index contributed by atoms with van der Waals surface area (Å²) in [5.41, 5.74) is 1.47. The van der Waals surface area contributed by atoms with Gasteiger partial charge in [-0.1, -0.05) is 25.1 Å². The Labute approximate surface area is 82.1 Å². The van der Waals surface area contributed by atoms with Gasteiger partial charge in [0.2, 0.25) is 5.91 Å². The summed E-state index contributed by atoms with van der Waals surface area (Å²) in [6.07, 6.45) is 0.718. The molecule has 0 radical (unpaired) electrons. The lowest BCUT2D eigenvalue weighted by atomic mass is 9.88. The SMILES string of the molecule is CC[C@H]1C(=O)NC(=O)c2ccccc21. The minimum absolute atomic E-state index is 0.177. The van der Waals surface area contributed by atoms with E-state index >= 15 is 0 Å². The number of hydrogen-bond acceptors (Lipinski definition) is 2. The Balaban J connectivity index is 2.56. The molecule has 3 heteroatoms. The van der Waals surface area contributed by atoms with E-state index in [-0.39, 0.29) is 17.7 Å². The number of imide groups is 1. The number of rotatable bonds is 1. The molecule has 1 aliphatic rings. The smallest absolute Gasteiger partial charge is 0.258 e. The van der Waals surface area contributed by atoms with Gasteiger partial charge < -0.3 is 0 Å².